The van der Waals surface area contributed by atoms with Gasteiger partial charge in [-0.2, -0.15) is 0 Å². The van der Waals surface area contributed by atoms with Crippen LogP contribution in [0.15, 0.2) is 0 Å². The molecule has 0 bridgehead atoms. The van der Waals surface area contributed by atoms with Gasteiger partial charge in [-0.05, 0) is 53.0 Å². The quantitative estimate of drug-likeness (QED) is 0.720. The van der Waals surface area contributed by atoms with Crippen LogP contribution in [0.1, 0.15) is 41.0 Å². The van der Waals surface area contributed by atoms with Gasteiger partial charge in [0, 0.05) is 18.6 Å². The summed E-state index contributed by atoms with van der Waals surface area (Å²) >= 11 is 0. The fourth-order valence-electron chi connectivity index (χ4n) is 2.64. The molecule has 2 atom stereocenters. The molecule has 0 aliphatic carbocycles. The van der Waals surface area contributed by atoms with Crippen molar-refractivity contribution in [1.29, 1.82) is 0 Å². The lowest BCUT2D eigenvalue weighted by Crippen LogP contribution is -2.45. The Morgan fingerprint density at radius 2 is 1.72 bits per heavy atom. The summed E-state index contributed by atoms with van der Waals surface area (Å²) in [5.41, 5.74) is 0.332. The van der Waals surface area contributed by atoms with Crippen LogP contribution in [0.4, 0.5) is 0 Å². The Morgan fingerprint density at radius 3 is 2.06 bits per heavy atom. The molecule has 0 rings (SSSR count). The molecule has 0 aliphatic heterocycles. The zero-order valence-corrected chi connectivity index (χ0v) is 13.9. The normalized spacial score (nSPS) is 16.3. The van der Waals surface area contributed by atoms with Gasteiger partial charge >= 0.3 is 0 Å². The molecule has 0 amide bonds. The van der Waals surface area contributed by atoms with Gasteiger partial charge in [-0.1, -0.05) is 27.7 Å². The third kappa shape index (κ3) is 6.72. The zero-order chi connectivity index (χ0) is 14.3. The minimum atomic E-state index is 0.332. The van der Waals surface area contributed by atoms with E-state index < -0.39 is 0 Å². The minimum Gasteiger partial charge on any atom is -0.316 e. The highest BCUT2D eigenvalue weighted by atomic mass is 15.2. The van der Waals surface area contributed by atoms with Crippen LogP contribution < -0.4 is 5.32 Å². The number of nitrogens with one attached hydrogen (secondary N) is 1. The van der Waals surface area contributed by atoms with Gasteiger partial charge in [0.15, 0.2) is 0 Å². The maximum absolute atomic E-state index is 3.46. The van der Waals surface area contributed by atoms with E-state index in [0.717, 1.165) is 13.1 Å². The first-order valence-electron chi connectivity index (χ1n) is 7.28. The number of nitrogens with zero attached hydrogens (tertiary/aromatic N) is 2. The van der Waals surface area contributed by atoms with E-state index in [9.17, 15) is 0 Å². The van der Waals surface area contributed by atoms with Gasteiger partial charge in [0.05, 0.1) is 0 Å². The maximum atomic E-state index is 3.46. The van der Waals surface area contributed by atoms with E-state index >= 15 is 0 Å². The molecule has 0 fully saturated rings. The Bertz CT molecular complexity index is 208. The smallest absolute Gasteiger partial charge is 0.0194 e. The molecular formula is C15H35N3. The molecule has 0 aliphatic rings. The van der Waals surface area contributed by atoms with Crippen LogP contribution in [0.2, 0.25) is 0 Å². The third-order valence-corrected chi connectivity index (χ3v) is 3.76. The predicted octanol–water partition coefficient (Wildman–Crippen LogP) is 2.28. The van der Waals surface area contributed by atoms with Gasteiger partial charge in [0.2, 0.25) is 0 Å². The molecule has 1 N–H and O–H groups in total. The first-order valence-corrected chi connectivity index (χ1v) is 7.28. The Balaban J connectivity index is 4.29. The molecule has 0 saturated carbocycles. The lowest BCUT2D eigenvalue weighted by atomic mass is 9.85. The number of hydrogen-bond acceptors (Lipinski definition) is 3. The number of likely N-dealkylation sites (N-methyl/N-ethyl adjacent to an activating group) is 2. The molecular weight excluding hydrogens is 222 g/mol. The van der Waals surface area contributed by atoms with Gasteiger partial charge < -0.3 is 10.2 Å². The van der Waals surface area contributed by atoms with Crippen LogP contribution in [-0.2, 0) is 0 Å². The second-order valence-electron chi connectivity index (χ2n) is 6.74. The van der Waals surface area contributed by atoms with E-state index in [2.05, 4.69) is 70.9 Å². The Hall–Kier alpha value is -0.120. The van der Waals surface area contributed by atoms with Gasteiger partial charge in [0.25, 0.3) is 0 Å². The van der Waals surface area contributed by atoms with Crippen molar-refractivity contribution in [2.24, 2.45) is 5.41 Å². The average molecular weight is 257 g/mol. The molecule has 0 radical (unpaired) electrons. The summed E-state index contributed by atoms with van der Waals surface area (Å²) < 4.78 is 0. The fourth-order valence-corrected chi connectivity index (χ4v) is 2.64. The van der Waals surface area contributed by atoms with Crippen LogP contribution in [0.5, 0.6) is 0 Å². The molecule has 110 valence electrons. The van der Waals surface area contributed by atoms with Crippen molar-refractivity contribution in [1.82, 2.24) is 15.1 Å². The van der Waals surface area contributed by atoms with Crippen LogP contribution in [0.3, 0.4) is 0 Å². The van der Waals surface area contributed by atoms with Crippen LogP contribution in [0.25, 0.3) is 0 Å². The average Bonchev–Trinajstić information content (AvgIpc) is 2.21. The van der Waals surface area contributed by atoms with Crippen molar-refractivity contribution >= 4 is 0 Å². The molecule has 0 aromatic rings. The topological polar surface area (TPSA) is 18.5 Å². The molecule has 3 nitrogen and oxygen atoms in total. The summed E-state index contributed by atoms with van der Waals surface area (Å²) in [5.74, 6) is 0. The minimum absolute atomic E-state index is 0.332. The van der Waals surface area contributed by atoms with E-state index in [1.807, 2.05) is 0 Å². The molecule has 18 heavy (non-hydrogen) atoms. The molecule has 0 aromatic heterocycles. The van der Waals surface area contributed by atoms with Crippen molar-refractivity contribution < 1.29 is 0 Å². The highest BCUT2D eigenvalue weighted by Gasteiger charge is 2.24. The first-order chi connectivity index (χ1) is 8.22. The van der Waals surface area contributed by atoms with Crippen LogP contribution in [-0.4, -0.2) is 62.7 Å². The molecule has 0 spiro atoms. The van der Waals surface area contributed by atoms with Gasteiger partial charge in [0.1, 0.15) is 0 Å². The maximum Gasteiger partial charge on any atom is 0.0194 e. The largest absolute Gasteiger partial charge is 0.316 e. The van der Waals surface area contributed by atoms with E-state index in [0.29, 0.717) is 17.5 Å². The van der Waals surface area contributed by atoms with Crippen molar-refractivity contribution in [2.45, 2.75) is 53.1 Å². The van der Waals surface area contributed by atoms with E-state index in [1.54, 1.807) is 0 Å². The summed E-state index contributed by atoms with van der Waals surface area (Å²) in [4.78, 5) is 4.85. The summed E-state index contributed by atoms with van der Waals surface area (Å²) in [7, 11) is 6.38. The summed E-state index contributed by atoms with van der Waals surface area (Å²) in [6, 6.07) is 1.21. The second-order valence-corrected chi connectivity index (χ2v) is 6.74. The highest BCUT2D eigenvalue weighted by molar-refractivity contribution is 4.81. The van der Waals surface area contributed by atoms with Gasteiger partial charge in [-0.25, -0.2) is 0 Å². The van der Waals surface area contributed by atoms with E-state index in [4.69, 9.17) is 0 Å². The molecule has 0 heterocycles. The highest BCUT2D eigenvalue weighted by Crippen LogP contribution is 2.22. The lowest BCUT2D eigenvalue weighted by Gasteiger charge is -2.35. The monoisotopic (exact) mass is 257 g/mol. The molecule has 0 saturated heterocycles. The van der Waals surface area contributed by atoms with Crippen molar-refractivity contribution in [3.63, 3.8) is 0 Å². The Morgan fingerprint density at radius 1 is 1.17 bits per heavy atom. The Kier molecular flexibility index (Phi) is 8.08. The van der Waals surface area contributed by atoms with E-state index in [1.165, 1.54) is 13.0 Å². The summed E-state index contributed by atoms with van der Waals surface area (Å²) in [6.45, 7) is 15.0. The van der Waals surface area contributed by atoms with E-state index in [-0.39, 0.29) is 0 Å². The van der Waals surface area contributed by atoms with Crippen LogP contribution in [0, 0.1) is 5.41 Å². The van der Waals surface area contributed by atoms with Crippen LogP contribution >= 0.6 is 0 Å². The van der Waals surface area contributed by atoms with Gasteiger partial charge in [-0.15, -0.1) is 0 Å². The van der Waals surface area contributed by atoms with Crippen molar-refractivity contribution in [3.8, 4) is 0 Å². The third-order valence-electron chi connectivity index (χ3n) is 3.76. The SMILES string of the molecule is CCN(CCC(NC)C(C)(C)C)C(C)CN(C)C. The Labute approximate surface area is 115 Å². The first kappa shape index (κ1) is 17.9. The van der Waals surface area contributed by atoms with Gasteiger partial charge in [-0.3, -0.25) is 4.90 Å². The summed E-state index contributed by atoms with van der Waals surface area (Å²) in [5, 5.41) is 3.46. The molecule has 3 heteroatoms. The standard InChI is InChI=1S/C15H35N3/c1-9-18(13(2)12-17(7)8)11-10-14(16-6)15(3,4)5/h13-14,16H,9-12H2,1-8H3. The number of rotatable bonds is 8. The lowest BCUT2D eigenvalue weighted by molar-refractivity contribution is 0.158. The van der Waals surface area contributed by atoms with Crippen molar-refractivity contribution in [3.05, 3.63) is 0 Å². The molecule has 0 aromatic carbocycles. The predicted molar refractivity (Wildman–Crippen MR) is 82.2 cm³/mol. The van der Waals surface area contributed by atoms with Crippen molar-refractivity contribution in [2.75, 3.05) is 40.8 Å². The molecule has 2 unspecified atom stereocenters. The fraction of sp³-hybridized carbons (Fsp3) is 1.00. The second kappa shape index (κ2) is 8.13. The zero-order valence-electron chi connectivity index (χ0n) is 13.9. The number of hydrogen-bond donors (Lipinski definition) is 1. The summed E-state index contributed by atoms with van der Waals surface area (Å²) in [6.07, 6.45) is 1.21.